The maximum atomic E-state index is 12.0. The second-order valence-electron chi connectivity index (χ2n) is 5.19. The topological polar surface area (TPSA) is 35.6 Å². The molecular weight excluding hydrogens is 214 g/mol. The van der Waals surface area contributed by atoms with Gasteiger partial charge in [-0.15, -0.1) is 0 Å². The van der Waals surface area contributed by atoms with Crippen LogP contribution in [0.25, 0.3) is 0 Å². The maximum absolute atomic E-state index is 12.0. The van der Waals surface area contributed by atoms with Gasteiger partial charge in [0.1, 0.15) is 0 Å². The molecule has 2 rings (SSSR count). The molecular formula is C13H25N3O. The van der Waals surface area contributed by atoms with Crippen molar-refractivity contribution in [3.8, 4) is 0 Å². The summed E-state index contributed by atoms with van der Waals surface area (Å²) in [5.41, 5.74) is 0. The van der Waals surface area contributed by atoms with E-state index < -0.39 is 0 Å². The van der Waals surface area contributed by atoms with E-state index >= 15 is 0 Å². The van der Waals surface area contributed by atoms with Crippen LogP contribution in [-0.4, -0.2) is 54.1 Å². The molecule has 2 fully saturated rings. The van der Waals surface area contributed by atoms with Gasteiger partial charge < -0.3 is 10.2 Å². The van der Waals surface area contributed by atoms with Gasteiger partial charge in [0.25, 0.3) is 0 Å². The zero-order valence-electron chi connectivity index (χ0n) is 11.1. The van der Waals surface area contributed by atoms with E-state index in [1.165, 1.54) is 19.3 Å². The number of carbonyl (C=O) groups is 1. The second kappa shape index (κ2) is 5.71. The number of hydrogen-bond donors (Lipinski definition) is 1. The molecule has 0 aromatic heterocycles. The summed E-state index contributed by atoms with van der Waals surface area (Å²) in [4.78, 5) is 16.4. The van der Waals surface area contributed by atoms with Crippen molar-refractivity contribution in [2.24, 2.45) is 0 Å². The minimum absolute atomic E-state index is 0.157. The quantitative estimate of drug-likeness (QED) is 0.810. The number of rotatable bonds is 4. The molecule has 1 aliphatic heterocycles. The number of carbonyl (C=O) groups excluding carboxylic acids is 1. The first-order chi connectivity index (χ1) is 8.24. The Kier molecular flexibility index (Phi) is 4.26. The van der Waals surface area contributed by atoms with Crippen LogP contribution in [-0.2, 0) is 0 Å². The van der Waals surface area contributed by atoms with Gasteiger partial charge in [0.15, 0.2) is 0 Å². The molecule has 0 aromatic rings. The number of likely N-dealkylation sites (tertiary alicyclic amines) is 1. The lowest BCUT2D eigenvalue weighted by atomic mass is 9.93. The highest BCUT2D eigenvalue weighted by Gasteiger charge is 2.30. The lowest BCUT2D eigenvalue weighted by Crippen LogP contribution is -2.47. The fourth-order valence-corrected chi connectivity index (χ4v) is 2.78. The molecule has 0 aromatic carbocycles. The summed E-state index contributed by atoms with van der Waals surface area (Å²) in [6, 6.07) is 1.18. The van der Waals surface area contributed by atoms with E-state index in [0.29, 0.717) is 12.1 Å². The summed E-state index contributed by atoms with van der Waals surface area (Å²) in [5, 5.41) is 3.12. The number of urea groups is 1. The Labute approximate surface area is 104 Å². The van der Waals surface area contributed by atoms with Crippen molar-refractivity contribution >= 4 is 6.03 Å². The Hall–Kier alpha value is -0.770. The van der Waals surface area contributed by atoms with Gasteiger partial charge in [-0.05, 0) is 38.8 Å². The molecule has 0 spiro atoms. The van der Waals surface area contributed by atoms with Crippen LogP contribution < -0.4 is 5.32 Å². The van der Waals surface area contributed by atoms with E-state index in [9.17, 15) is 4.79 Å². The summed E-state index contributed by atoms with van der Waals surface area (Å²) in [6.45, 7) is 8.37. The van der Waals surface area contributed by atoms with E-state index in [1.54, 1.807) is 0 Å². The van der Waals surface area contributed by atoms with E-state index in [2.05, 4.69) is 24.1 Å². The first-order valence-electron chi connectivity index (χ1n) is 7.04. The van der Waals surface area contributed by atoms with E-state index in [0.717, 1.165) is 32.6 Å². The maximum Gasteiger partial charge on any atom is 0.317 e. The number of amides is 2. The largest absolute Gasteiger partial charge is 0.335 e. The lowest BCUT2D eigenvalue weighted by molar-refractivity contribution is 0.184. The molecule has 17 heavy (non-hydrogen) atoms. The second-order valence-corrected chi connectivity index (χ2v) is 5.19. The summed E-state index contributed by atoms with van der Waals surface area (Å²) in [5.74, 6) is 0. The molecule has 4 nitrogen and oxygen atoms in total. The first kappa shape index (κ1) is 12.7. The summed E-state index contributed by atoms with van der Waals surface area (Å²) in [6.07, 6.45) is 4.73. The third kappa shape index (κ3) is 2.92. The standard InChI is InChI=1S/C13H25N3O/c1-3-15(4-2)12-8-9-16(10-12)13(17)14-11-6-5-7-11/h11-12H,3-10H2,1-2H3,(H,14,17). The van der Waals surface area contributed by atoms with Crippen molar-refractivity contribution in [2.75, 3.05) is 26.2 Å². The van der Waals surface area contributed by atoms with Crippen LogP contribution in [0.5, 0.6) is 0 Å². The number of likely N-dealkylation sites (N-methyl/N-ethyl adjacent to an activating group) is 1. The molecule has 0 radical (unpaired) electrons. The first-order valence-corrected chi connectivity index (χ1v) is 7.04. The average Bonchev–Trinajstić information content (AvgIpc) is 2.74. The Morgan fingerprint density at radius 3 is 2.53 bits per heavy atom. The monoisotopic (exact) mass is 239 g/mol. The molecule has 1 atom stereocenters. The lowest BCUT2D eigenvalue weighted by Gasteiger charge is -2.30. The van der Waals surface area contributed by atoms with Gasteiger partial charge in [-0.3, -0.25) is 4.90 Å². The SMILES string of the molecule is CCN(CC)C1CCN(C(=O)NC2CCC2)C1. The molecule has 1 heterocycles. The van der Waals surface area contributed by atoms with Crippen LogP contribution in [0.4, 0.5) is 4.79 Å². The van der Waals surface area contributed by atoms with Gasteiger partial charge in [0.2, 0.25) is 0 Å². The van der Waals surface area contributed by atoms with Crippen molar-refractivity contribution < 1.29 is 4.79 Å². The van der Waals surface area contributed by atoms with Crippen molar-refractivity contribution in [2.45, 2.75) is 51.6 Å². The highest BCUT2D eigenvalue weighted by atomic mass is 16.2. The fourth-order valence-electron chi connectivity index (χ4n) is 2.78. The Morgan fingerprint density at radius 2 is 2.00 bits per heavy atom. The van der Waals surface area contributed by atoms with Crippen LogP contribution in [0.3, 0.4) is 0 Å². The molecule has 98 valence electrons. The third-order valence-corrected chi connectivity index (χ3v) is 4.21. The normalized spacial score (nSPS) is 25.1. The predicted molar refractivity (Wildman–Crippen MR) is 69.1 cm³/mol. The van der Waals surface area contributed by atoms with Crippen molar-refractivity contribution in [1.82, 2.24) is 15.1 Å². The summed E-state index contributed by atoms with van der Waals surface area (Å²) < 4.78 is 0. The molecule has 2 amide bonds. The van der Waals surface area contributed by atoms with E-state index in [-0.39, 0.29) is 6.03 Å². The van der Waals surface area contributed by atoms with Gasteiger partial charge in [-0.2, -0.15) is 0 Å². The van der Waals surface area contributed by atoms with Gasteiger partial charge >= 0.3 is 6.03 Å². The van der Waals surface area contributed by atoms with Crippen LogP contribution in [0, 0.1) is 0 Å². The number of hydrogen-bond acceptors (Lipinski definition) is 2. The van der Waals surface area contributed by atoms with Crippen LogP contribution in [0.2, 0.25) is 0 Å². The van der Waals surface area contributed by atoms with Gasteiger partial charge in [-0.25, -0.2) is 4.79 Å². The fraction of sp³-hybridized carbons (Fsp3) is 0.923. The molecule has 1 aliphatic carbocycles. The van der Waals surface area contributed by atoms with Gasteiger partial charge in [0.05, 0.1) is 0 Å². The van der Waals surface area contributed by atoms with Crippen LogP contribution in [0.1, 0.15) is 39.5 Å². The molecule has 1 saturated heterocycles. The third-order valence-electron chi connectivity index (χ3n) is 4.21. The zero-order valence-corrected chi connectivity index (χ0v) is 11.1. The average molecular weight is 239 g/mol. The minimum atomic E-state index is 0.157. The number of nitrogens with zero attached hydrogens (tertiary/aromatic N) is 2. The Balaban J connectivity index is 1.77. The van der Waals surface area contributed by atoms with Crippen LogP contribution in [0.15, 0.2) is 0 Å². The van der Waals surface area contributed by atoms with Gasteiger partial charge in [-0.1, -0.05) is 13.8 Å². The van der Waals surface area contributed by atoms with Crippen molar-refractivity contribution in [1.29, 1.82) is 0 Å². The van der Waals surface area contributed by atoms with Crippen LogP contribution >= 0.6 is 0 Å². The number of nitrogens with one attached hydrogen (secondary N) is 1. The highest BCUT2D eigenvalue weighted by Crippen LogP contribution is 2.20. The summed E-state index contributed by atoms with van der Waals surface area (Å²) >= 11 is 0. The van der Waals surface area contributed by atoms with E-state index in [4.69, 9.17) is 0 Å². The van der Waals surface area contributed by atoms with Crippen molar-refractivity contribution in [3.05, 3.63) is 0 Å². The molecule has 2 aliphatic rings. The molecule has 1 unspecified atom stereocenters. The highest BCUT2D eigenvalue weighted by molar-refractivity contribution is 5.75. The Bertz CT molecular complexity index is 261. The molecule has 1 saturated carbocycles. The zero-order chi connectivity index (χ0) is 12.3. The summed E-state index contributed by atoms with van der Waals surface area (Å²) in [7, 11) is 0. The minimum Gasteiger partial charge on any atom is -0.335 e. The van der Waals surface area contributed by atoms with E-state index in [1.807, 2.05) is 4.90 Å². The molecule has 4 heteroatoms. The molecule has 0 bridgehead atoms. The van der Waals surface area contributed by atoms with Gasteiger partial charge in [0, 0.05) is 25.2 Å². The smallest absolute Gasteiger partial charge is 0.317 e. The Morgan fingerprint density at radius 1 is 1.29 bits per heavy atom. The molecule has 1 N–H and O–H groups in total. The van der Waals surface area contributed by atoms with Crippen molar-refractivity contribution in [3.63, 3.8) is 0 Å². The predicted octanol–water partition coefficient (Wildman–Crippen LogP) is 1.66.